The molecule has 122 valence electrons. The van der Waals surface area contributed by atoms with Crippen LogP contribution >= 0.6 is 0 Å². The van der Waals surface area contributed by atoms with Crippen LogP contribution in [0.2, 0.25) is 0 Å². The maximum Gasteiger partial charge on any atom is 0.129 e. The lowest BCUT2D eigenvalue weighted by Crippen LogP contribution is -2.34. The highest BCUT2D eigenvalue weighted by atomic mass is 19.1. The van der Waals surface area contributed by atoms with Crippen LogP contribution in [-0.4, -0.2) is 30.2 Å². The number of hydrogen-bond acceptors (Lipinski definition) is 3. The molecule has 1 unspecified atom stereocenters. The van der Waals surface area contributed by atoms with E-state index in [1.807, 2.05) is 23.1 Å². The van der Waals surface area contributed by atoms with Crippen LogP contribution in [0.25, 0.3) is 0 Å². The van der Waals surface area contributed by atoms with Gasteiger partial charge >= 0.3 is 0 Å². The number of ether oxygens (including phenoxy) is 1. The number of aliphatic hydroxyl groups is 1. The van der Waals surface area contributed by atoms with E-state index >= 15 is 0 Å². The molecular formula is C18H19F2NO2. The van der Waals surface area contributed by atoms with Gasteiger partial charge in [0.25, 0.3) is 0 Å². The topological polar surface area (TPSA) is 32.7 Å². The van der Waals surface area contributed by atoms with E-state index in [0.29, 0.717) is 6.54 Å². The highest BCUT2D eigenvalue weighted by molar-refractivity contribution is 5.37. The van der Waals surface area contributed by atoms with Crippen molar-refractivity contribution in [3.8, 4) is 5.75 Å². The summed E-state index contributed by atoms with van der Waals surface area (Å²) in [7, 11) is 1.62. The van der Waals surface area contributed by atoms with Gasteiger partial charge in [-0.15, -0.1) is 0 Å². The zero-order chi connectivity index (χ0) is 16.4. The van der Waals surface area contributed by atoms with Gasteiger partial charge in [0, 0.05) is 25.2 Å². The molecule has 1 aliphatic rings. The minimum Gasteiger partial charge on any atom is -0.497 e. The van der Waals surface area contributed by atoms with Crippen LogP contribution in [0.3, 0.4) is 0 Å². The fraction of sp³-hybridized carbons (Fsp3) is 0.333. The van der Waals surface area contributed by atoms with E-state index in [0.717, 1.165) is 42.5 Å². The molecule has 0 aliphatic carbocycles. The van der Waals surface area contributed by atoms with Gasteiger partial charge in [-0.2, -0.15) is 0 Å². The summed E-state index contributed by atoms with van der Waals surface area (Å²) >= 11 is 0. The summed E-state index contributed by atoms with van der Waals surface area (Å²) in [5.74, 6) is -0.338. The second-order valence-corrected chi connectivity index (χ2v) is 5.80. The molecule has 1 atom stereocenters. The lowest BCUT2D eigenvalue weighted by Gasteiger charge is -2.30. The number of nitrogens with zero attached hydrogens (tertiary/aromatic N) is 1. The van der Waals surface area contributed by atoms with E-state index in [1.165, 1.54) is 5.56 Å². The number of hydrogen-bond donors (Lipinski definition) is 1. The molecule has 0 saturated heterocycles. The first kappa shape index (κ1) is 15.9. The summed E-state index contributed by atoms with van der Waals surface area (Å²) in [5, 5.41) is 10.3. The molecule has 0 fully saturated rings. The van der Waals surface area contributed by atoms with Crippen LogP contribution < -0.4 is 4.74 Å². The number of rotatable bonds is 4. The average molecular weight is 319 g/mol. The molecule has 1 heterocycles. The van der Waals surface area contributed by atoms with Crippen molar-refractivity contribution in [3.05, 3.63) is 64.7 Å². The SMILES string of the molecule is COc1ccc2c(c1)CN(CC(O)c1cc(F)ccc1F)CC2. The standard InChI is InChI=1S/C18H19F2NO2/c1-23-15-4-2-12-6-7-21(10-13(12)8-15)11-18(22)16-9-14(19)3-5-17(16)20/h2-5,8-9,18,22H,6-7,10-11H2,1H3. The lowest BCUT2D eigenvalue weighted by molar-refractivity contribution is 0.103. The van der Waals surface area contributed by atoms with Gasteiger partial charge in [0.2, 0.25) is 0 Å². The zero-order valence-electron chi connectivity index (χ0n) is 12.9. The van der Waals surface area contributed by atoms with Gasteiger partial charge in [-0.25, -0.2) is 8.78 Å². The monoisotopic (exact) mass is 319 g/mol. The predicted molar refractivity (Wildman–Crippen MR) is 83.3 cm³/mol. The van der Waals surface area contributed by atoms with E-state index in [9.17, 15) is 13.9 Å². The first-order valence-corrected chi connectivity index (χ1v) is 7.58. The van der Waals surface area contributed by atoms with Crippen molar-refractivity contribution in [1.82, 2.24) is 4.90 Å². The summed E-state index contributed by atoms with van der Waals surface area (Å²) < 4.78 is 32.2. The third-order valence-electron chi connectivity index (χ3n) is 4.25. The number of aliphatic hydroxyl groups excluding tert-OH is 1. The molecule has 0 spiro atoms. The Morgan fingerprint density at radius 2 is 2.00 bits per heavy atom. The third-order valence-corrected chi connectivity index (χ3v) is 4.25. The Morgan fingerprint density at radius 1 is 1.17 bits per heavy atom. The van der Waals surface area contributed by atoms with Crippen molar-refractivity contribution in [3.63, 3.8) is 0 Å². The Kier molecular flexibility index (Phi) is 4.59. The summed E-state index contributed by atoms with van der Waals surface area (Å²) in [4.78, 5) is 2.04. The van der Waals surface area contributed by atoms with E-state index in [4.69, 9.17) is 4.74 Å². The van der Waals surface area contributed by atoms with Crippen LogP contribution in [0, 0.1) is 11.6 Å². The first-order valence-electron chi connectivity index (χ1n) is 7.58. The van der Waals surface area contributed by atoms with Crippen molar-refractivity contribution >= 4 is 0 Å². The van der Waals surface area contributed by atoms with Crippen molar-refractivity contribution in [2.24, 2.45) is 0 Å². The third kappa shape index (κ3) is 3.51. The van der Waals surface area contributed by atoms with Crippen LogP contribution in [-0.2, 0) is 13.0 Å². The van der Waals surface area contributed by atoms with Crippen LogP contribution in [0.5, 0.6) is 5.75 Å². The highest BCUT2D eigenvalue weighted by Gasteiger charge is 2.22. The lowest BCUT2D eigenvalue weighted by atomic mass is 9.98. The van der Waals surface area contributed by atoms with Crippen molar-refractivity contribution in [1.29, 1.82) is 0 Å². The Balaban J connectivity index is 1.72. The molecule has 23 heavy (non-hydrogen) atoms. The Hall–Kier alpha value is -1.98. The second kappa shape index (κ2) is 6.64. The van der Waals surface area contributed by atoms with Gasteiger partial charge < -0.3 is 9.84 Å². The van der Waals surface area contributed by atoms with Gasteiger partial charge in [-0.1, -0.05) is 6.07 Å². The smallest absolute Gasteiger partial charge is 0.129 e. The minimum atomic E-state index is -1.06. The molecule has 0 saturated carbocycles. The zero-order valence-corrected chi connectivity index (χ0v) is 12.9. The van der Waals surface area contributed by atoms with Gasteiger partial charge in [-0.3, -0.25) is 4.90 Å². The van der Waals surface area contributed by atoms with E-state index in [1.54, 1.807) is 7.11 Å². The molecule has 0 aromatic heterocycles. The van der Waals surface area contributed by atoms with E-state index < -0.39 is 17.7 Å². The van der Waals surface area contributed by atoms with Crippen molar-refractivity contribution in [2.75, 3.05) is 20.2 Å². The normalized spacial score (nSPS) is 16.0. The van der Waals surface area contributed by atoms with Gasteiger partial charge in [0.05, 0.1) is 13.2 Å². The molecule has 5 heteroatoms. The quantitative estimate of drug-likeness (QED) is 0.940. The fourth-order valence-corrected chi connectivity index (χ4v) is 2.99. The first-order chi connectivity index (χ1) is 11.1. The molecule has 2 aromatic carbocycles. The van der Waals surface area contributed by atoms with Crippen LogP contribution in [0.15, 0.2) is 36.4 Å². The van der Waals surface area contributed by atoms with E-state index in [-0.39, 0.29) is 12.1 Å². The molecule has 0 radical (unpaired) electrons. The number of methoxy groups -OCH3 is 1. The van der Waals surface area contributed by atoms with Gasteiger partial charge in [0.15, 0.2) is 0 Å². The molecule has 0 amide bonds. The molecule has 0 bridgehead atoms. The Bertz CT molecular complexity index is 705. The van der Waals surface area contributed by atoms with E-state index in [2.05, 4.69) is 0 Å². The summed E-state index contributed by atoms with van der Waals surface area (Å²) in [6, 6.07) is 9.12. The molecule has 2 aromatic rings. The van der Waals surface area contributed by atoms with Gasteiger partial charge in [0.1, 0.15) is 17.4 Å². The van der Waals surface area contributed by atoms with Crippen molar-refractivity contribution < 1.29 is 18.6 Å². The average Bonchev–Trinajstić information content (AvgIpc) is 2.56. The summed E-state index contributed by atoms with van der Waals surface area (Å²) in [6.07, 6.45) is -0.199. The number of halogens is 2. The van der Waals surface area contributed by atoms with Crippen LogP contribution in [0.1, 0.15) is 22.8 Å². The number of β-amino-alcohol motifs (C(OH)–C–C–N with tert-alkyl or cyclic N) is 1. The Labute approximate surface area is 134 Å². The predicted octanol–water partition coefficient (Wildman–Crippen LogP) is 3.07. The summed E-state index contributed by atoms with van der Waals surface area (Å²) in [5.41, 5.74) is 2.40. The van der Waals surface area contributed by atoms with Crippen molar-refractivity contribution in [2.45, 2.75) is 19.1 Å². The summed E-state index contributed by atoms with van der Waals surface area (Å²) in [6.45, 7) is 1.69. The molecule has 1 N–H and O–H groups in total. The van der Waals surface area contributed by atoms with Crippen LogP contribution in [0.4, 0.5) is 8.78 Å². The maximum atomic E-state index is 13.8. The molecule has 1 aliphatic heterocycles. The minimum absolute atomic E-state index is 0.00133. The largest absolute Gasteiger partial charge is 0.497 e. The second-order valence-electron chi connectivity index (χ2n) is 5.80. The molecule has 3 rings (SSSR count). The maximum absolute atomic E-state index is 13.8. The number of fused-ring (bicyclic) bond motifs is 1. The molecular weight excluding hydrogens is 300 g/mol. The molecule has 3 nitrogen and oxygen atoms in total. The highest BCUT2D eigenvalue weighted by Crippen LogP contribution is 2.26. The van der Waals surface area contributed by atoms with Gasteiger partial charge in [-0.05, 0) is 47.9 Å². The fourth-order valence-electron chi connectivity index (χ4n) is 2.99. The Morgan fingerprint density at radius 3 is 2.78 bits per heavy atom. The number of benzene rings is 2.